The summed E-state index contributed by atoms with van der Waals surface area (Å²) < 4.78 is 1.94. The molecule has 0 radical (unpaired) electrons. The smallest absolute Gasteiger partial charge is 0.163 e. The molecule has 0 N–H and O–H groups in total. The zero-order valence-corrected chi connectivity index (χ0v) is 11.8. The predicted molar refractivity (Wildman–Crippen MR) is 80.3 cm³/mol. The van der Waals surface area contributed by atoms with Crippen LogP contribution in [0.15, 0.2) is 29.2 Å². The summed E-state index contributed by atoms with van der Waals surface area (Å²) in [5.41, 5.74) is 4.56. The molecule has 0 aliphatic rings. The average Bonchev–Trinajstić information content (AvgIpc) is 3.06. The van der Waals surface area contributed by atoms with Crippen molar-refractivity contribution in [2.45, 2.75) is 13.3 Å². The minimum atomic E-state index is 0.352. The fourth-order valence-corrected chi connectivity index (χ4v) is 2.74. The number of rotatable bonds is 3. The van der Waals surface area contributed by atoms with Gasteiger partial charge in [0.1, 0.15) is 5.69 Å². The second kappa shape index (κ2) is 5.27. The van der Waals surface area contributed by atoms with Crippen LogP contribution in [0.25, 0.3) is 17.8 Å². The van der Waals surface area contributed by atoms with E-state index in [2.05, 4.69) is 27.5 Å². The van der Waals surface area contributed by atoms with Crippen LogP contribution in [-0.4, -0.2) is 14.4 Å². The highest BCUT2D eigenvalue weighted by molar-refractivity contribution is 7.08. The lowest BCUT2D eigenvalue weighted by atomic mass is 10.2. The Hall–Kier alpha value is -2.45. The molecule has 0 atom stereocenters. The Labute approximate surface area is 120 Å². The lowest BCUT2D eigenvalue weighted by molar-refractivity contribution is 1.02. The summed E-state index contributed by atoms with van der Waals surface area (Å²) in [6.45, 7) is 1.92. The summed E-state index contributed by atoms with van der Waals surface area (Å²) in [6, 6.07) is 4.23. The van der Waals surface area contributed by atoms with Gasteiger partial charge in [-0.25, -0.2) is 4.98 Å². The van der Waals surface area contributed by atoms with E-state index in [9.17, 15) is 0 Å². The number of nitrogens with zero attached hydrogens (tertiary/aromatic N) is 4. The van der Waals surface area contributed by atoms with Gasteiger partial charge in [0.2, 0.25) is 0 Å². The Morgan fingerprint density at radius 2 is 2.35 bits per heavy atom. The van der Waals surface area contributed by atoms with Crippen molar-refractivity contribution in [1.82, 2.24) is 14.4 Å². The molecule has 3 heterocycles. The third-order valence-electron chi connectivity index (χ3n) is 3.09. The van der Waals surface area contributed by atoms with Gasteiger partial charge in [0.15, 0.2) is 5.65 Å². The number of aromatic nitrogens is 3. The van der Waals surface area contributed by atoms with Crippen LogP contribution in [0.2, 0.25) is 0 Å². The van der Waals surface area contributed by atoms with Gasteiger partial charge < -0.3 is 0 Å². The molecule has 0 fully saturated rings. The molecule has 4 nitrogen and oxygen atoms in total. The van der Waals surface area contributed by atoms with Crippen molar-refractivity contribution in [1.29, 1.82) is 5.26 Å². The van der Waals surface area contributed by atoms with Gasteiger partial charge in [0.05, 0.1) is 23.9 Å². The second-order valence-electron chi connectivity index (χ2n) is 4.37. The number of imidazole rings is 1. The Kier molecular flexibility index (Phi) is 3.32. The number of hydrogen-bond acceptors (Lipinski definition) is 4. The normalized spacial score (nSPS) is 11.2. The van der Waals surface area contributed by atoms with Crippen LogP contribution in [0.1, 0.15) is 22.6 Å². The highest BCUT2D eigenvalue weighted by Gasteiger charge is 2.10. The molecule has 0 unspecified atom stereocenters. The monoisotopic (exact) mass is 280 g/mol. The Morgan fingerprint density at radius 1 is 1.45 bits per heavy atom. The average molecular weight is 280 g/mol. The SMILES string of the molecule is Cc1nc2c(/C=C/c3ccsc3)nccn2c1CC#N. The molecule has 20 heavy (non-hydrogen) atoms. The standard InChI is InChI=1S/C15H12N4S/c1-11-14(4-6-16)19-8-7-17-13(15(19)18-11)3-2-12-5-9-20-10-12/h2-3,5,7-10H,4H2,1H3/b3-2+. The molecular formula is C15H12N4S. The van der Waals surface area contributed by atoms with Gasteiger partial charge in [-0.05, 0) is 35.4 Å². The number of thiophene rings is 1. The number of hydrogen-bond donors (Lipinski definition) is 0. The van der Waals surface area contributed by atoms with E-state index < -0.39 is 0 Å². The fraction of sp³-hybridized carbons (Fsp3) is 0.133. The van der Waals surface area contributed by atoms with Gasteiger partial charge in [0, 0.05) is 12.4 Å². The van der Waals surface area contributed by atoms with Crippen LogP contribution in [0.4, 0.5) is 0 Å². The van der Waals surface area contributed by atoms with Crippen LogP contribution in [0.3, 0.4) is 0 Å². The van der Waals surface area contributed by atoms with E-state index in [0.29, 0.717) is 6.42 Å². The van der Waals surface area contributed by atoms with Crippen molar-refractivity contribution < 1.29 is 0 Å². The molecule has 0 saturated carbocycles. The Balaban J connectivity index is 2.09. The quantitative estimate of drug-likeness (QED) is 0.739. The summed E-state index contributed by atoms with van der Waals surface area (Å²) in [7, 11) is 0. The molecule has 3 aromatic rings. The third-order valence-corrected chi connectivity index (χ3v) is 3.79. The van der Waals surface area contributed by atoms with Crippen molar-refractivity contribution in [3.63, 3.8) is 0 Å². The lowest BCUT2D eigenvalue weighted by Crippen LogP contribution is -1.95. The minimum absolute atomic E-state index is 0.352. The van der Waals surface area contributed by atoms with Crippen LogP contribution >= 0.6 is 11.3 Å². The molecule has 5 heteroatoms. The van der Waals surface area contributed by atoms with Crippen molar-refractivity contribution in [2.75, 3.05) is 0 Å². The molecular weight excluding hydrogens is 268 g/mol. The lowest BCUT2D eigenvalue weighted by Gasteiger charge is -1.99. The Morgan fingerprint density at radius 3 is 3.10 bits per heavy atom. The highest BCUT2D eigenvalue weighted by Crippen LogP contribution is 2.17. The summed E-state index contributed by atoms with van der Waals surface area (Å²) in [6.07, 6.45) is 7.92. The van der Waals surface area contributed by atoms with Crippen LogP contribution in [0, 0.1) is 18.3 Å². The van der Waals surface area contributed by atoms with Gasteiger partial charge >= 0.3 is 0 Å². The molecule has 0 spiro atoms. The topological polar surface area (TPSA) is 54.0 Å². The maximum absolute atomic E-state index is 8.90. The van der Waals surface area contributed by atoms with Crippen LogP contribution in [-0.2, 0) is 6.42 Å². The van der Waals surface area contributed by atoms with Gasteiger partial charge in [-0.15, -0.1) is 0 Å². The Bertz CT molecular complexity index is 806. The molecule has 0 aliphatic carbocycles. The number of aryl methyl sites for hydroxylation is 1. The van der Waals surface area contributed by atoms with Gasteiger partial charge in [0.25, 0.3) is 0 Å². The van der Waals surface area contributed by atoms with E-state index in [1.807, 2.05) is 35.1 Å². The van der Waals surface area contributed by atoms with Crippen molar-refractivity contribution >= 4 is 29.1 Å². The first kappa shape index (κ1) is 12.6. The summed E-state index contributed by atoms with van der Waals surface area (Å²) >= 11 is 1.66. The van der Waals surface area contributed by atoms with Gasteiger partial charge in [-0.3, -0.25) is 9.38 Å². The highest BCUT2D eigenvalue weighted by atomic mass is 32.1. The minimum Gasteiger partial charge on any atom is -0.299 e. The van der Waals surface area contributed by atoms with Crippen molar-refractivity contribution in [3.8, 4) is 6.07 Å². The van der Waals surface area contributed by atoms with Gasteiger partial charge in [-0.1, -0.05) is 6.08 Å². The third kappa shape index (κ3) is 2.22. The maximum atomic E-state index is 8.90. The zero-order chi connectivity index (χ0) is 13.9. The summed E-state index contributed by atoms with van der Waals surface area (Å²) in [5, 5.41) is 13.0. The van der Waals surface area contributed by atoms with Crippen LogP contribution in [0.5, 0.6) is 0 Å². The predicted octanol–water partition coefficient (Wildman–Crippen LogP) is 3.34. The van der Waals surface area contributed by atoms with E-state index >= 15 is 0 Å². The molecule has 0 bridgehead atoms. The molecule has 3 rings (SSSR count). The zero-order valence-electron chi connectivity index (χ0n) is 10.9. The summed E-state index contributed by atoms with van der Waals surface area (Å²) in [5.74, 6) is 0. The van der Waals surface area contributed by atoms with E-state index in [4.69, 9.17) is 5.26 Å². The molecule has 98 valence electrons. The first-order chi connectivity index (χ1) is 9.79. The maximum Gasteiger partial charge on any atom is 0.163 e. The molecule has 3 aromatic heterocycles. The largest absolute Gasteiger partial charge is 0.299 e. The van der Waals surface area contributed by atoms with E-state index in [0.717, 1.165) is 28.3 Å². The van der Waals surface area contributed by atoms with Crippen molar-refractivity contribution in [3.05, 3.63) is 51.9 Å². The van der Waals surface area contributed by atoms with Crippen molar-refractivity contribution in [2.24, 2.45) is 0 Å². The molecule has 0 aromatic carbocycles. The fourth-order valence-electron chi connectivity index (χ4n) is 2.11. The van der Waals surface area contributed by atoms with E-state index in [1.165, 1.54) is 0 Å². The van der Waals surface area contributed by atoms with Gasteiger partial charge in [-0.2, -0.15) is 16.6 Å². The summed E-state index contributed by atoms with van der Waals surface area (Å²) in [4.78, 5) is 8.90. The number of nitriles is 1. The van der Waals surface area contributed by atoms with E-state index in [-0.39, 0.29) is 0 Å². The molecule has 0 aliphatic heterocycles. The first-order valence-electron chi connectivity index (χ1n) is 6.19. The molecule has 0 amide bonds. The van der Waals surface area contributed by atoms with Crippen LogP contribution < -0.4 is 0 Å². The second-order valence-corrected chi connectivity index (χ2v) is 5.15. The number of fused-ring (bicyclic) bond motifs is 1. The molecule has 0 saturated heterocycles. The first-order valence-corrected chi connectivity index (χ1v) is 7.13. The van der Waals surface area contributed by atoms with E-state index in [1.54, 1.807) is 17.5 Å².